The summed E-state index contributed by atoms with van der Waals surface area (Å²) in [4.78, 5) is 0.388. The van der Waals surface area contributed by atoms with Gasteiger partial charge in [-0.3, -0.25) is 4.21 Å². The summed E-state index contributed by atoms with van der Waals surface area (Å²) < 4.78 is 32.4. The van der Waals surface area contributed by atoms with E-state index >= 15 is 0 Å². The minimum absolute atomic E-state index is 0.269. The van der Waals surface area contributed by atoms with Crippen LogP contribution in [0.1, 0.15) is 11.1 Å². The van der Waals surface area contributed by atoms with E-state index in [0.717, 1.165) is 27.8 Å². The molecular weight excluding hydrogens is 357 g/mol. The van der Waals surface area contributed by atoms with Gasteiger partial charge in [-0.05, 0) is 35.9 Å². The molecule has 3 rings (SSSR count). The summed E-state index contributed by atoms with van der Waals surface area (Å²) in [6.45, 7) is 0.637. The summed E-state index contributed by atoms with van der Waals surface area (Å²) in [5, 5.41) is 0. The maximum atomic E-state index is 13.4. The number of hydrogen-bond acceptors (Lipinski definition) is 3. The molecule has 1 aliphatic rings. The summed E-state index contributed by atoms with van der Waals surface area (Å²) >= 11 is 3.45. The third-order valence-electron chi connectivity index (χ3n) is 3.27. The zero-order valence-electron chi connectivity index (χ0n) is 11.1. The van der Waals surface area contributed by atoms with Crippen LogP contribution in [0.4, 0.5) is 10.1 Å². The lowest BCUT2D eigenvalue weighted by Gasteiger charge is -2.09. The van der Waals surface area contributed by atoms with Gasteiger partial charge in [-0.2, -0.15) is 0 Å². The highest BCUT2D eigenvalue weighted by Crippen LogP contribution is 2.34. The quantitative estimate of drug-likeness (QED) is 0.843. The number of nitrogens with two attached hydrogens (primary N) is 1. The van der Waals surface area contributed by atoms with Gasteiger partial charge in [-0.25, -0.2) is 4.39 Å². The second-order valence-electron chi connectivity index (χ2n) is 4.86. The van der Waals surface area contributed by atoms with E-state index in [1.54, 1.807) is 0 Å². The summed E-state index contributed by atoms with van der Waals surface area (Å²) in [5.41, 5.74) is 7.84. The summed E-state index contributed by atoms with van der Waals surface area (Å²) in [6.07, 6.45) is 0.849. The lowest BCUT2D eigenvalue weighted by atomic mass is 10.1. The molecule has 1 heterocycles. The van der Waals surface area contributed by atoms with E-state index in [1.165, 1.54) is 18.2 Å². The normalized spacial score (nSPS) is 14.6. The molecule has 3 nitrogen and oxygen atoms in total. The van der Waals surface area contributed by atoms with Crippen molar-refractivity contribution in [2.45, 2.75) is 17.1 Å². The topological polar surface area (TPSA) is 52.3 Å². The Balaban J connectivity index is 1.92. The Morgan fingerprint density at radius 2 is 2.10 bits per heavy atom. The van der Waals surface area contributed by atoms with Crippen LogP contribution >= 0.6 is 15.9 Å². The number of ether oxygens (including phenoxy) is 1. The van der Waals surface area contributed by atoms with E-state index in [9.17, 15) is 8.60 Å². The second kappa shape index (κ2) is 5.77. The first-order valence-electron chi connectivity index (χ1n) is 6.41. The molecule has 0 amide bonds. The lowest BCUT2D eigenvalue weighted by molar-refractivity contribution is 0.354. The van der Waals surface area contributed by atoms with Crippen LogP contribution in [0.25, 0.3) is 0 Å². The zero-order valence-corrected chi connectivity index (χ0v) is 13.5. The molecule has 0 radical (unpaired) electrons. The predicted molar refractivity (Wildman–Crippen MR) is 84.3 cm³/mol. The minimum Gasteiger partial charge on any atom is -0.493 e. The molecule has 0 aromatic heterocycles. The number of anilines is 1. The SMILES string of the molecule is Nc1cc(F)cc(S(=O)Cc2cc(Br)cc3c2OCC3)c1. The van der Waals surface area contributed by atoms with Gasteiger partial charge in [0, 0.05) is 27.0 Å². The molecule has 0 saturated carbocycles. The van der Waals surface area contributed by atoms with Crippen molar-refractivity contribution < 1.29 is 13.3 Å². The maximum Gasteiger partial charge on any atom is 0.126 e. The molecule has 6 heteroatoms. The third kappa shape index (κ3) is 3.11. The number of rotatable bonds is 3. The van der Waals surface area contributed by atoms with Crippen molar-refractivity contribution in [2.75, 3.05) is 12.3 Å². The highest BCUT2D eigenvalue weighted by atomic mass is 79.9. The van der Waals surface area contributed by atoms with Gasteiger partial charge < -0.3 is 10.5 Å². The van der Waals surface area contributed by atoms with E-state index in [2.05, 4.69) is 15.9 Å². The second-order valence-corrected chi connectivity index (χ2v) is 7.23. The monoisotopic (exact) mass is 369 g/mol. The number of nitrogen functional groups attached to an aromatic ring is 1. The standard InChI is InChI=1S/C15H13BrFNO2S/c16-11-3-9-1-2-20-15(9)10(4-11)8-21(19)14-6-12(17)5-13(18)7-14/h3-7H,1-2,8,18H2. The van der Waals surface area contributed by atoms with Gasteiger partial charge in [0.05, 0.1) is 23.2 Å². The van der Waals surface area contributed by atoms with Crippen LogP contribution in [0.15, 0.2) is 39.7 Å². The van der Waals surface area contributed by atoms with Crippen LogP contribution in [0.2, 0.25) is 0 Å². The van der Waals surface area contributed by atoms with Crippen LogP contribution < -0.4 is 10.5 Å². The fraction of sp³-hybridized carbons (Fsp3) is 0.200. The smallest absolute Gasteiger partial charge is 0.126 e. The fourth-order valence-corrected chi connectivity index (χ4v) is 4.12. The highest BCUT2D eigenvalue weighted by Gasteiger charge is 2.19. The Bertz CT molecular complexity index is 716. The maximum absolute atomic E-state index is 13.4. The van der Waals surface area contributed by atoms with Crippen molar-refractivity contribution in [3.05, 3.63) is 51.7 Å². The van der Waals surface area contributed by atoms with Crippen LogP contribution in [-0.2, 0) is 23.0 Å². The Morgan fingerprint density at radius 3 is 2.86 bits per heavy atom. The molecule has 2 N–H and O–H groups in total. The van der Waals surface area contributed by atoms with E-state index in [-0.39, 0.29) is 11.4 Å². The summed E-state index contributed by atoms with van der Waals surface area (Å²) in [6, 6.07) is 7.91. The Kier molecular flexibility index (Phi) is 3.99. The average molecular weight is 370 g/mol. The van der Waals surface area contributed by atoms with Gasteiger partial charge in [0.1, 0.15) is 11.6 Å². The molecular formula is C15H13BrFNO2S. The molecule has 0 saturated heterocycles. The third-order valence-corrected chi connectivity index (χ3v) is 5.06. The van der Waals surface area contributed by atoms with Crippen LogP contribution in [0.3, 0.4) is 0 Å². The zero-order chi connectivity index (χ0) is 15.0. The summed E-state index contributed by atoms with van der Waals surface area (Å²) in [5.74, 6) is 0.593. The van der Waals surface area contributed by atoms with Crippen LogP contribution in [0, 0.1) is 5.82 Å². The molecule has 0 fully saturated rings. The number of halogens is 2. The van der Waals surface area contributed by atoms with Gasteiger partial charge in [0.15, 0.2) is 0 Å². The Hall–Kier alpha value is -1.40. The van der Waals surface area contributed by atoms with E-state index < -0.39 is 16.6 Å². The van der Waals surface area contributed by atoms with E-state index in [4.69, 9.17) is 10.5 Å². The first kappa shape index (κ1) is 14.5. The predicted octanol–water partition coefficient (Wildman–Crippen LogP) is 3.41. The molecule has 0 bridgehead atoms. The molecule has 0 spiro atoms. The molecule has 21 heavy (non-hydrogen) atoms. The van der Waals surface area contributed by atoms with Gasteiger partial charge in [0.2, 0.25) is 0 Å². The van der Waals surface area contributed by atoms with Crippen molar-refractivity contribution in [2.24, 2.45) is 0 Å². The first-order valence-corrected chi connectivity index (χ1v) is 8.52. The first-order chi connectivity index (χ1) is 10.0. The Labute approximate surface area is 132 Å². The van der Waals surface area contributed by atoms with Crippen molar-refractivity contribution in [3.63, 3.8) is 0 Å². The lowest BCUT2D eigenvalue weighted by Crippen LogP contribution is -2.01. The minimum atomic E-state index is -1.38. The van der Waals surface area contributed by atoms with Gasteiger partial charge in [-0.1, -0.05) is 15.9 Å². The highest BCUT2D eigenvalue weighted by molar-refractivity contribution is 9.10. The van der Waals surface area contributed by atoms with Crippen LogP contribution in [0.5, 0.6) is 5.75 Å². The molecule has 1 aliphatic heterocycles. The number of hydrogen-bond donors (Lipinski definition) is 1. The molecule has 0 aliphatic carbocycles. The van der Waals surface area contributed by atoms with Gasteiger partial charge in [-0.15, -0.1) is 0 Å². The largest absolute Gasteiger partial charge is 0.493 e. The van der Waals surface area contributed by atoms with Crippen molar-refractivity contribution in [1.29, 1.82) is 0 Å². The molecule has 1 unspecified atom stereocenters. The number of fused-ring (bicyclic) bond motifs is 1. The molecule has 2 aromatic rings. The molecule has 110 valence electrons. The van der Waals surface area contributed by atoms with Gasteiger partial charge in [0.25, 0.3) is 0 Å². The number of benzene rings is 2. The molecule has 2 aromatic carbocycles. The van der Waals surface area contributed by atoms with Crippen molar-refractivity contribution >= 4 is 32.4 Å². The van der Waals surface area contributed by atoms with E-state index in [1.807, 2.05) is 12.1 Å². The fourth-order valence-electron chi connectivity index (χ4n) is 2.39. The van der Waals surface area contributed by atoms with E-state index in [0.29, 0.717) is 11.5 Å². The average Bonchev–Trinajstić information content (AvgIpc) is 2.85. The van der Waals surface area contributed by atoms with Crippen LogP contribution in [-0.4, -0.2) is 10.8 Å². The van der Waals surface area contributed by atoms with Crippen molar-refractivity contribution in [1.82, 2.24) is 0 Å². The Morgan fingerprint density at radius 1 is 1.29 bits per heavy atom. The molecule has 1 atom stereocenters. The summed E-state index contributed by atoms with van der Waals surface area (Å²) in [7, 11) is -1.38. The van der Waals surface area contributed by atoms with Crippen molar-refractivity contribution in [3.8, 4) is 5.75 Å². The van der Waals surface area contributed by atoms with Gasteiger partial charge >= 0.3 is 0 Å².